The van der Waals surface area contributed by atoms with E-state index >= 15 is 0 Å². The van der Waals surface area contributed by atoms with Gasteiger partial charge in [-0.25, -0.2) is 19.7 Å². The van der Waals surface area contributed by atoms with Gasteiger partial charge in [0, 0.05) is 19.6 Å². The lowest BCUT2D eigenvalue weighted by atomic mass is 9.80. The summed E-state index contributed by atoms with van der Waals surface area (Å²) < 4.78 is 2.16. The first-order chi connectivity index (χ1) is 14.8. The fourth-order valence-corrected chi connectivity index (χ4v) is 4.65. The topological polar surface area (TPSA) is 126 Å². The van der Waals surface area contributed by atoms with Gasteiger partial charge in [0.05, 0.1) is 6.33 Å². The van der Waals surface area contributed by atoms with Gasteiger partial charge in [-0.15, -0.1) is 0 Å². The monoisotopic (exact) mass is 426 g/mol. The second kappa shape index (κ2) is 8.80. The third-order valence-corrected chi connectivity index (χ3v) is 7.16. The molecule has 2 aliphatic rings. The van der Waals surface area contributed by atoms with Gasteiger partial charge in [-0.2, -0.15) is 0 Å². The number of anilines is 1. The third-order valence-electron chi connectivity index (χ3n) is 7.16. The molecule has 2 amide bonds. The van der Waals surface area contributed by atoms with E-state index in [2.05, 4.69) is 38.7 Å². The number of amides is 2. The highest BCUT2D eigenvalue weighted by atomic mass is 16.2. The van der Waals surface area contributed by atoms with Gasteiger partial charge in [0.1, 0.15) is 5.52 Å². The molecule has 0 aliphatic heterocycles. The maximum atomic E-state index is 11.5. The highest BCUT2D eigenvalue weighted by Crippen LogP contribution is 2.33. The molecule has 2 saturated carbocycles. The van der Waals surface area contributed by atoms with Gasteiger partial charge in [-0.3, -0.25) is 10.3 Å². The molecule has 0 unspecified atom stereocenters. The molecule has 2 aliphatic carbocycles. The van der Waals surface area contributed by atoms with E-state index in [1.54, 1.807) is 0 Å². The van der Waals surface area contributed by atoms with Gasteiger partial charge in [0.25, 0.3) is 0 Å². The van der Waals surface area contributed by atoms with Crippen LogP contribution in [0.25, 0.3) is 11.2 Å². The molecule has 0 bridgehead atoms. The molecule has 4 rings (SSSR count). The van der Waals surface area contributed by atoms with Crippen LogP contribution in [-0.4, -0.2) is 49.4 Å². The Labute approximate surface area is 183 Å². The van der Waals surface area contributed by atoms with E-state index in [0.29, 0.717) is 23.3 Å². The Morgan fingerprint density at radius 3 is 2.61 bits per heavy atom. The normalized spacial score (nSPS) is 22.7. The fraction of sp³-hybridized carbons (Fsp3) is 0.682. The van der Waals surface area contributed by atoms with Gasteiger partial charge in [0.15, 0.2) is 23.1 Å². The molecule has 2 heterocycles. The van der Waals surface area contributed by atoms with Crippen molar-refractivity contribution in [2.24, 2.45) is 23.5 Å². The maximum Gasteiger partial charge on any atom is 0.320 e. The number of aromatic nitrogens is 4. The number of amidine groups is 1. The van der Waals surface area contributed by atoms with Crippen molar-refractivity contribution in [1.82, 2.24) is 24.4 Å². The number of carbonyl (C=O) groups is 1. The van der Waals surface area contributed by atoms with Crippen LogP contribution in [0.3, 0.4) is 0 Å². The standard InChI is InChI=1S/C22H34N8O/c1-13-7-9-15(10-8-13)11-30-12-25-19-17(30)20(26-14(2)16-5-4-6-16)28-21(27-19)18(23)29(3)22(24)31/h12-16,23H,4-11H2,1-3H3,(H2,24,31)(H,26,27,28)/t13?,14-,15?/m1/s1. The van der Waals surface area contributed by atoms with Crippen molar-refractivity contribution < 1.29 is 4.79 Å². The van der Waals surface area contributed by atoms with Crippen molar-refractivity contribution in [3.05, 3.63) is 12.2 Å². The van der Waals surface area contributed by atoms with Crippen LogP contribution in [0.4, 0.5) is 10.6 Å². The van der Waals surface area contributed by atoms with Gasteiger partial charge in [-0.1, -0.05) is 26.2 Å². The van der Waals surface area contributed by atoms with Gasteiger partial charge >= 0.3 is 6.03 Å². The molecule has 0 radical (unpaired) electrons. The smallest absolute Gasteiger partial charge is 0.320 e. The van der Waals surface area contributed by atoms with Gasteiger partial charge < -0.3 is 15.6 Å². The number of fused-ring (bicyclic) bond motifs is 1. The molecular weight excluding hydrogens is 392 g/mol. The van der Waals surface area contributed by atoms with Gasteiger partial charge in [-0.05, 0) is 50.4 Å². The molecule has 0 aromatic carbocycles. The third kappa shape index (κ3) is 4.50. The molecule has 2 aromatic rings. The largest absolute Gasteiger partial charge is 0.365 e. The maximum absolute atomic E-state index is 11.5. The summed E-state index contributed by atoms with van der Waals surface area (Å²) in [6.45, 7) is 5.42. The number of urea groups is 1. The van der Waals surface area contributed by atoms with Crippen LogP contribution in [0.2, 0.25) is 0 Å². The lowest BCUT2D eigenvalue weighted by Gasteiger charge is -2.32. The lowest BCUT2D eigenvalue weighted by molar-refractivity contribution is 0.235. The van der Waals surface area contributed by atoms with Crippen LogP contribution in [0.5, 0.6) is 0 Å². The summed E-state index contributed by atoms with van der Waals surface area (Å²) in [5.74, 6) is 2.76. The van der Waals surface area contributed by atoms with Crippen LogP contribution < -0.4 is 11.1 Å². The molecule has 9 nitrogen and oxygen atoms in total. The van der Waals surface area contributed by atoms with Crippen LogP contribution in [0.1, 0.15) is 64.6 Å². The first-order valence-electron chi connectivity index (χ1n) is 11.4. The Morgan fingerprint density at radius 2 is 2.00 bits per heavy atom. The summed E-state index contributed by atoms with van der Waals surface area (Å²) in [6.07, 6.45) is 10.6. The number of carbonyl (C=O) groups excluding carboxylic acids is 1. The van der Waals surface area contributed by atoms with E-state index in [1.165, 1.54) is 52.0 Å². The Morgan fingerprint density at radius 1 is 1.29 bits per heavy atom. The number of primary amides is 1. The summed E-state index contributed by atoms with van der Waals surface area (Å²) in [5, 5.41) is 11.9. The Kier molecular flexibility index (Phi) is 6.11. The Balaban J connectivity index is 1.67. The molecule has 31 heavy (non-hydrogen) atoms. The fourth-order valence-electron chi connectivity index (χ4n) is 4.65. The Hall–Kier alpha value is -2.71. The van der Waals surface area contributed by atoms with Crippen molar-refractivity contribution in [3.63, 3.8) is 0 Å². The number of imidazole rings is 1. The minimum Gasteiger partial charge on any atom is -0.365 e. The van der Waals surface area contributed by atoms with Crippen molar-refractivity contribution in [2.75, 3.05) is 12.4 Å². The molecule has 2 aromatic heterocycles. The predicted octanol–water partition coefficient (Wildman–Crippen LogP) is 3.59. The van der Waals surface area contributed by atoms with E-state index in [1.807, 2.05) is 6.33 Å². The first-order valence-corrected chi connectivity index (χ1v) is 11.4. The summed E-state index contributed by atoms with van der Waals surface area (Å²) in [4.78, 5) is 26.3. The number of hydrogen-bond acceptors (Lipinski definition) is 6. The van der Waals surface area contributed by atoms with Crippen LogP contribution in [0.15, 0.2) is 6.33 Å². The average molecular weight is 427 g/mol. The number of hydrogen-bond donors (Lipinski definition) is 3. The molecule has 1 atom stereocenters. The van der Waals surface area contributed by atoms with E-state index in [9.17, 15) is 4.79 Å². The van der Waals surface area contributed by atoms with Crippen molar-refractivity contribution in [2.45, 2.75) is 71.4 Å². The minimum atomic E-state index is -0.719. The van der Waals surface area contributed by atoms with E-state index < -0.39 is 6.03 Å². The molecule has 4 N–H and O–H groups in total. The molecule has 168 valence electrons. The van der Waals surface area contributed by atoms with E-state index in [-0.39, 0.29) is 17.7 Å². The van der Waals surface area contributed by atoms with E-state index in [0.717, 1.165) is 22.9 Å². The SMILES string of the molecule is CC1CCC(Cn2cnc3nc(C(=N)N(C)C(N)=O)nc(N[C@H](C)C4CCC4)c32)CC1. The van der Waals surface area contributed by atoms with Crippen LogP contribution >= 0.6 is 0 Å². The number of nitrogens with one attached hydrogen (secondary N) is 2. The molecular formula is C22H34N8O. The summed E-state index contributed by atoms with van der Waals surface area (Å²) in [7, 11) is 1.45. The van der Waals surface area contributed by atoms with Crippen LogP contribution in [0, 0.1) is 23.2 Å². The number of nitrogens with two attached hydrogens (primary N) is 1. The quantitative estimate of drug-likeness (QED) is 0.481. The first kappa shape index (κ1) is 21.5. The summed E-state index contributed by atoms with van der Waals surface area (Å²) >= 11 is 0. The highest BCUT2D eigenvalue weighted by molar-refractivity contribution is 6.04. The second-order valence-corrected chi connectivity index (χ2v) is 9.46. The number of nitrogens with zero attached hydrogens (tertiary/aromatic N) is 5. The molecule has 0 spiro atoms. The highest BCUT2D eigenvalue weighted by Gasteiger charge is 2.27. The molecule has 2 fully saturated rings. The summed E-state index contributed by atoms with van der Waals surface area (Å²) in [6, 6.07) is -0.454. The number of rotatable bonds is 6. The molecule has 9 heteroatoms. The predicted molar refractivity (Wildman–Crippen MR) is 121 cm³/mol. The lowest BCUT2D eigenvalue weighted by Crippen LogP contribution is -2.38. The van der Waals surface area contributed by atoms with E-state index in [4.69, 9.17) is 11.1 Å². The zero-order valence-corrected chi connectivity index (χ0v) is 18.8. The molecule has 0 saturated heterocycles. The van der Waals surface area contributed by atoms with Crippen LogP contribution in [-0.2, 0) is 6.54 Å². The average Bonchev–Trinajstić information content (AvgIpc) is 3.10. The summed E-state index contributed by atoms with van der Waals surface area (Å²) in [5.41, 5.74) is 6.76. The Bertz CT molecular complexity index is 958. The van der Waals surface area contributed by atoms with Crippen molar-refractivity contribution in [1.29, 1.82) is 5.41 Å². The van der Waals surface area contributed by atoms with Crippen molar-refractivity contribution >= 4 is 28.8 Å². The van der Waals surface area contributed by atoms with Crippen molar-refractivity contribution in [3.8, 4) is 0 Å². The minimum absolute atomic E-state index is 0.135. The second-order valence-electron chi connectivity index (χ2n) is 9.46. The zero-order valence-electron chi connectivity index (χ0n) is 18.8. The van der Waals surface area contributed by atoms with Gasteiger partial charge in [0.2, 0.25) is 0 Å². The zero-order chi connectivity index (χ0) is 22.1.